The van der Waals surface area contributed by atoms with Gasteiger partial charge in [0.05, 0.1) is 12.5 Å². The number of carbonyl (C=O) groups is 6. The monoisotopic (exact) mass is 432 g/mol. The normalized spacial score (nSPS) is 13.6. The molecule has 8 N–H and O–H groups in total. The highest BCUT2D eigenvalue weighted by atomic mass is 16.4. The van der Waals surface area contributed by atoms with Gasteiger partial charge in [-0.05, 0) is 18.8 Å². The highest BCUT2D eigenvalue weighted by Gasteiger charge is 2.30. The maximum Gasteiger partial charge on any atom is 0.322 e. The van der Waals surface area contributed by atoms with Gasteiger partial charge in [0.25, 0.3) is 0 Å². The Labute approximate surface area is 172 Å². The molecular weight excluding hydrogens is 404 g/mol. The van der Waals surface area contributed by atoms with Crippen LogP contribution in [0.2, 0.25) is 0 Å². The second-order valence-electron chi connectivity index (χ2n) is 7.00. The largest absolute Gasteiger partial charge is 0.481 e. The lowest BCUT2D eigenvalue weighted by Crippen LogP contribution is -2.56. The summed E-state index contributed by atoms with van der Waals surface area (Å²) in [7, 11) is 0. The van der Waals surface area contributed by atoms with Crippen LogP contribution in [0.5, 0.6) is 0 Å². The molecule has 0 aliphatic rings. The lowest BCUT2D eigenvalue weighted by molar-refractivity contribution is -0.142. The summed E-state index contributed by atoms with van der Waals surface area (Å²) < 4.78 is 0. The van der Waals surface area contributed by atoms with Gasteiger partial charge in [-0.1, -0.05) is 13.8 Å². The Morgan fingerprint density at radius 3 is 1.83 bits per heavy atom. The topological polar surface area (TPSA) is 225 Å². The van der Waals surface area contributed by atoms with Crippen molar-refractivity contribution in [3.63, 3.8) is 0 Å². The first-order chi connectivity index (χ1) is 13.8. The van der Waals surface area contributed by atoms with Crippen LogP contribution in [-0.4, -0.2) is 75.6 Å². The van der Waals surface area contributed by atoms with Crippen LogP contribution in [0.25, 0.3) is 0 Å². The van der Waals surface area contributed by atoms with Crippen LogP contribution in [0.15, 0.2) is 0 Å². The second kappa shape index (κ2) is 13.1. The fourth-order valence-electron chi connectivity index (χ4n) is 2.37. The van der Waals surface area contributed by atoms with Crippen molar-refractivity contribution in [3.05, 3.63) is 0 Å². The van der Waals surface area contributed by atoms with E-state index in [2.05, 4.69) is 10.6 Å². The van der Waals surface area contributed by atoms with E-state index in [4.69, 9.17) is 21.1 Å². The van der Waals surface area contributed by atoms with Gasteiger partial charge in [-0.15, -0.1) is 0 Å². The minimum Gasteiger partial charge on any atom is -0.481 e. The maximum absolute atomic E-state index is 12.5. The Morgan fingerprint density at radius 1 is 0.800 bits per heavy atom. The van der Waals surface area contributed by atoms with Gasteiger partial charge in [0, 0.05) is 6.42 Å². The number of nitrogens with two attached hydrogens (primary N) is 1. The summed E-state index contributed by atoms with van der Waals surface area (Å²) in [5.74, 6) is -6.76. The highest BCUT2D eigenvalue weighted by molar-refractivity contribution is 5.95. The molecule has 0 fully saturated rings. The number of rotatable bonds is 14. The van der Waals surface area contributed by atoms with Crippen LogP contribution < -0.4 is 21.7 Å². The first kappa shape index (κ1) is 26.8. The van der Waals surface area contributed by atoms with Gasteiger partial charge in [0.15, 0.2) is 0 Å². The van der Waals surface area contributed by atoms with Crippen molar-refractivity contribution in [2.75, 3.05) is 6.54 Å². The molecule has 0 aromatic heterocycles. The maximum atomic E-state index is 12.5. The van der Waals surface area contributed by atoms with E-state index < -0.39 is 73.1 Å². The smallest absolute Gasteiger partial charge is 0.322 e. The van der Waals surface area contributed by atoms with Gasteiger partial charge >= 0.3 is 17.9 Å². The van der Waals surface area contributed by atoms with E-state index in [1.54, 1.807) is 0 Å². The number of carboxylic acids is 3. The molecule has 0 radical (unpaired) electrons. The molecule has 13 nitrogen and oxygen atoms in total. The van der Waals surface area contributed by atoms with Gasteiger partial charge in [-0.3, -0.25) is 28.8 Å². The fourth-order valence-corrected chi connectivity index (χ4v) is 2.37. The number of nitrogens with one attached hydrogen (secondary N) is 3. The second-order valence-corrected chi connectivity index (χ2v) is 7.00. The van der Waals surface area contributed by atoms with Gasteiger partial charge in [0.2, 0.25) is 17.7 Å². The van der Waals surface area contributed by atoms with Crippen molar-refractivity contribution >= 4 is 35.6 Å². The van der Waals surface area contributed by atoms with Crippen molar-refractivity contribution in [1.82, 2.24) is 16.0 Å². The molecule has 3 atom stereocenters. The molecule has 0 aliphatic heterocycles. The summed E-state index contributed by atoms with van der Waals surface area (Å²) >= 11 is 0. The van der Waals surface area contributed by atoms with E-state index >= 15 is 0 Å². The number of aliphatic carboxylic acids is 3. The van der Waals surface area contributed by atoms with Gasteiger partial charge in [-0.25, -0.2) is 0 Å². The molecule has 170 valence electrons. The van der Waals surface area contributed by atoms with Crippen LogP contribution in [-0.2, 0) is 28.8 Å². The first-order valence-electron chi connectivity index (χ1n) is 9.12. The zero-order valence-electron chi connectivity index (χ0n) is 16.7. The zero-order chi connectivity index (χ0) is 23.4. The Balaban J connectivity index is 5.31. The van der Waals surface area contributed by atoms with Gasteiger partial charge < -0.3 is 37.0 Å². The van der Waals surface area contributed by atoms with Crippen molar-refractivity contribution in [2.24, 2.45) is 11.7 Å². The number of hydrogen-bond acceptors (Lipinski definition) is 7. The quantitative estimate of drug-likeness (QED) is 0.158. The Bertz CT molecular complexity index is 666. The first-order valence-corrected chi connectivity index (χ1v) is 9.12. The molecule has 0 aliphatic carbocycles. The summed E-state index contributed by atoms with van der Waals surface area (Å²) in [6.45, 7) is 2.87. The van der Waals surface area contributed by atoms with Crippen LogP contribution >= 0.6 is 0 Å². The lowest BCUT2D eigenvalue weighted by atomic mass is 10.0. The SMILES string of the molecule is CC(C)CC(N)C(=O)NC(CC(=O)O)C(=O)NC(CCC(=O)O)C(=O)NCC(=O)O. The third kappa shape index (κ3) is 11.6. The molecule has 0 saturated carbocycles. The minimum absolute atomic E-state index is 0.0656. The molecule has 0 heterocycles. The molecule has 0 spiro atoms. The summed E-state index contributed by atoms with van der Waals surface area (Å²) in [5.41, 5.74) is 5.72. The Hall–Kier alpha value is -3.22. The highest BCUT2D eigenvalue weighted by Crippen LogP contribution is 2.05. The number of hydrogen-bond donors (Lipinski definition) is 7. The van der Waals surface area contributed by atoms with Crippen molar-refractivity contribution in [1.29, 1.82) is 0 Å². The average molecular weight is 432 g/mol. The summed E-state index contributed by atoms with van der Waals surface area (Å²) in [4.78, 5) is 69.2. The third-order valence-electron chi connectivity index (χ3n) is 3.77. The molecular formula is C17H28N4O9. The summed E-state index contributed by atoms with van der Waals surface area (Å²) in [5, 5.41) is 32.8. The lowest BCUT2D eigenvalue weighted by Gasteiger charge is -2.23. The average Bonchev–Trinajstić information content (AvgIpc) is 2.60. The van der Waals surface area contributed by atoms with E-state index in [1.807, 2.05) is 19.2 Å². The molecule has 3 unspecified atom stereocenters. The molecule has 0 aromatic carbocycles. The molecule has 0 aromatic rings. The molecule has 30 heavy (non-hydrogen) atoms. The molecule has 0 rings (SSSR count). The Kier molecular flexibility index (Phi) is 11.7. The van der Waals surface area contributed by atoms with Crippen LogP contribution in [0.3, 0.4) is 0 Å². The minimum atomic E-state index is -1.58. The van der Waals surface area contributed by atoms with E-state index in [-0.39, 0.29) is 18.8 Å². The van der Waals surface area contributed by atoms with E-state index in [0.717, 1.165) is 0 Å². The molecule has 3 amide bonds. The van der Waals surface area contributed by atoms with E-state index in [0.29, 0.717) is 0 Å². The number of amides is 3. The van der Waals surface area contributed by atoms with Crippen molar-refractivity contribution < 1.29 is 44.1 Å². The Morgan fingerprint density at radius 2 is 1.37 bits per heavy atom. The number of carbonyl (C=O) groups excluding carboxylic acids is 3. The van der Waals surface area contributed by atoms with Crippen LogP contribution in [0, 0.1) is 5.92 Å². The van der Waals surface area contributed by atoms with Gasteiger partial charge in [-0.2, -0.15) is 0 Å². The molecule has 0 saturated heterocycles. The van der Waals surface area contributed by atoms with Crippen LogP contribution in [0.1, 0.15) is 39.5 Å². The predicted molar refractivity (Wildman–Crippen MR) is 101 cm³/mol. The predicted octanol–water partition coefficient (Wildman–Crippen LogP) is -2.13. The van der Waals surface area contributed by atoms with Gasteiger partial charge in [0.1, 0.15) is 18.6 Å². The third-order valence-corrected chi connectivity index (χ3v) is 3.77. The fraction of sp³-hybridized carbons (Fsp3) is 0.647. The molecule has 0 bridgehead atoms. The molecule has 13 heteroatoms. The van der Waals surface area contributed by atoms with E-state index in [9.17, 15) is 28.8 Å². The van der Waals surface area contributed by atoms with Crippen molar-refractivity contribution in [3.8, 4) is 0 Å². The standard InChI is InChI=1S/C17H28N4O9/c1-8(2)5-9(18)15(28)21-11(6-13(24)25)17(30)20-10(3-4-12(22)23)16(29)19-7-14(26)27/h8-11H,3-7,18H2,1-2H3,(H,19,29)(H,20,30)(H,21,28)(H,22,23)(H,24,25)(H,26,27). The summed E-state index contributed by atoms with van der Waals surface area (Å²) in [6, 6.07) is -4.02. The summed E-state index contributed by atoms with van der Waals surface area (Å²) in [6.07, 6.45) is -1.44. The van der Waals surface area contributed by atoms with Crippen molar-refractivity contribution in [2.45, 2.75) is 57.7 Å². The number of carboxylic acid groups (broad SMARTS) is 3. The van der Waals surface area contributed by atoms with E-state index in [1.165, 1.54) is 0 Å². The van der Waals surface area contributed by atoms with Crippen LogP contribution in [0.4, 0.5) is 0 Å². The zero-order valence-corrected chi connectivity index (χ0v) is 16.7.